The predicted molar refractivity (Wildman–Crippen MR) is 111 cm³/mol. The first-order valence-electron chi connectivity index (χ1n) is 10.9. The first-order valence-corrected chi connectivity index (χ1v) is 10.9. The van der Waals surface area contributed by atoms with Crippen molar-refractivity contribution in [1.29, 1.82) is 0 Å². The number of benzene rings is 1. The van der Waals surface area contributed by atoms with E-state index in [1.54, 1.807) is 0 Å². The summed E-state index contributed by atoms with van der Waals surface area (Å²) in [5, 5.41) is 3.31. The molecule has 148 valence electrons. The molecular weight excluding hydrogens is 346 g/mol. The maximum atomic E-state index is 12.9. The summed E-state index contributed by atoms with van der Waals surface area (Å²) in [6.45, 7) is 6.42. The van der Waals surface area contributed by atoms with Gasteiger partial charge in [0.2, 0.25) is 0 Å². The fraction of sp³-hybridized carbons (Fsp3) is 0.560. The number of amides is 1. The van der Waals surface area contributed by atoms with Gasteiger partial charge in [0.1, 0.15) is 5.76 Å². The highest BCUT2D eigenvalue weighted by Crippen LogP contribution is 2.61. The van der Waals surface area contributed by atoms with Crippen LogP contribution < -0.4 is 5.32 Å². The van der Waals surface area contributed by atoms with Gasteiger partial charge in [-0.15, -0.1) is 0 Å². The predicted octanol–water partition coefficient (Wildman–Crippen LogP) is 5.90. The summed E-state index contributed by atoms with van der Waals surface area (Å²) >= 11 is 0. The fourth-order valence-corrected chi connectivity index (χ4v) is 6.64. The Morgan fingerprint density at radius 3 is 2.25 bits per heavy atom. The van der Waals surface area contributed by atoms with Gasteiger partial charge >= 0.3 is 0 Å². The van der Waals surface area contributed by atoms with E-state index in [9.17, 15) is 4.79 Å². The lowest BCUT2D eigenvalue weighted by Crippen LogP contribution is -2.55. The molecule has 1 atom stereocenters. The van der Waals surface area contributed by atoms with Gasteiger partial charge in [0.25, 0.3) is 5.91 Å². The van der Waals surface area contributed by atoms with E-state index >= 15 is 0 Å². The second-order valence-corrected chi connectivity index (χ2v) is 9.94. The smallest absolute Gasteiger partial charge is 0.287 e. The lowest BCUT2D eigenvalue weighted by Gasteiger charge is -2.59. The Bertz CT molecular complexity index is 874. The van der Waals surface area contributed by atoms with Gasteiger partial charge in [-0.1, -0.05) is 12.1 Å². The third-order valence-electron chi connectivity index (χ3n) is 7.97. The SMILES string of the molecule is Cc1ccc(-c2ccc(C(=O)N[C@@H](C)C34CC5CC(CC(C5)C3)C4)o2)cc1C. The average molecular weight is 378 g/mol. The van der Waals surface area contributed by atoms with E-state index in [1.807, 2.05) is 12.1 Å². The van der Waals surface area contributed by atoms with E-state index in [2.05, 4.69) is 44.3 Å². The van der Waals surface area contributed by atoms with E-state index in [1.165, 1.54) is 49.7 Å². The first-order chi connectivity index (χ1) is 13.4. The van der Waals surface area contributed by atoms with Crippen molar-refractivity contribution in [3.05, 3.63) is 47.2 Å². The summed E-state index contributed by atoms with van der Waals surface area (Å²) in [5.74, 6) is 3.79. The van der Waals surface area contributed by atoms with Crippen LogP contribution in [0.25, 0.3) is 11.3 Å². The summed E-state index contributed by atoms with van der Waals surface area (Å²) in [6, 6.07) is 10.2. The van der Waals surface area contributed by atoms with Gasteiger partial charge in [-0.3, -0.25) is 4.79 Å². The summed E-state index contributed by atoms with van der Waals surface area (Å²) in [6.07, 6.45) is 8.18. The Morgan fingerprint density at radius 1 is 1.00 bits per heavy atom. The van der Waals surface area contributed by atoms with E-state index in [0.29, 0.717) is 11.2 Å². The fourth-order valence-electron chi connectivity index (χ4n) is 6.64. The molecule has 3 nitrogen and oxygen atoms in total. The molecule has 1 amide bonds. The van der Waals surface area contributed by atoms with Crippen LogP contribution in [0.4, 0.5) is 0 Å². The molecule has 0 radical (unpaired) electrons. The minimum atomic E-state index is -0.0710. The monoisotopic (exact) mass is 377 g/mol. The molecule has 4 saturated carbocycles. The molecule has 3 heteroatoms. The van der Waals surface area contributed by atoms with Gasteiger partial charge in [0, 0.05) is 11.6 Å². The number of rotatable bonds is 4. The van der Waals surface area contributed by atoms with Crippen molar-refractivity contribution in [3.63, 3.8) is 0 Å². The molecule has 4 bridgehead atoms. The zero-order valence-electron chi connectivity index (χ0n) is 17.3. The Morgan fingerprint density at radius 2 is 1.64 bits per heavy atom. The van der Waals surface area contributed by atoms with E-state index < -0.39 is 0 Å². The number of hydrogen-bond acceptors (Lipinski definition) is 2. The number of nitrogens with one attached hydrogen (secondary N) is 1. The molecule has 4 fully saturated rings. The van der Waals surface area contributed by atoms with Crippen LogP contribution >= 0.6 is 0 Å². The summed E-state index contributed by atoms with van der Waals surface area (Å²) in [5.41, 5.74) is 3.83. The Hall–Kier alpha value is -2.03. The van der Waals surface area contributed by atoms with Crippen LogP contribution in [0.2, 0.25) is 0 Å². The molecule has 6 rings (SSSR count). The van der Waals surface area contributed by atoms with Crippen molar-refractivity contribution >= 4 is 5.91 Å². The van der Waals surface area contributed by atoms with Crippen LogP contribution in [0.5, 0.6) is 0 Å². The van der Waals surface area contributed by atoms with Gasteiger partial charge < -0.3 is 9.73 Å². The maximum Gasteiger partial charge on any atom is 0.287 e. The van der Waals surface area contributed by atoms with Crippen LogP contribution in [-0.4, -0.2) is 11.9 Å². The molecule has 1 heterocycles. The lowest BCUT2D eigenvalue weighted by atomic mass is 9.48. The standard InChI is InChI=1S/C25H31NO2/c1-15-4-5-21(8-16(15)2)22-6-7-23(28-22)24(27)26-17(3)25-12-18-9-19(13-25)11-20(10-18)14-25/h4-8,17-20H,9-14H2,1-3H3,(H,26,27)/t17-,18?,19?,20?,25?/m0/s1. The second kappa shape index (κ2) is 6.50. The zero-order valence-corrected chi connectivity index (χ0v) is 17.3. The first kappa shape index (κ1) is 18.0. The molecular formula is C25H31NO2. The van der Waals surface area contributed by atoms with Gasteiger partial charge in [-0.05, 0) is 112 Å². The van der Waals surface area contributed by atoms with Gasteiger partial charge in [-0.2, -0.15) is 0 Å². The minimum Gasteiger partial charge on any atom is -0.451 e. The van der Waals surface area contributed by atoms with Crippen molar-refractivity contribution in [1.82, 2.24) is 5.32 Å². The Labute approximate surface area is 167 Å². The minimum absolute atomic E-state index is 0.0710. The highest BCUT2D eigenvalue weighted by atomic mass is 16.3. The molecule has 4 aliphatic carbocycles. The molecule has 0 saturated heterocycles. The van der Waals surface area contributed by atoms with Crippen molar-refractivity contribution in [2.45, 2.75) is 65.3 Å². The summed E-state index contributed by atoms with van der Waals surface area (Å²) in [7, 11) is 0. The Kier molecular flexibility index (Phi) is 4.19. The molecule has 4 aliphatic rings. The maximum absolute atomic E-state index is 12.9. The largest absolute Gasteiger partial charge is 0.451 e. The normalized spacial score (nSPS) is 31.8. The van der Waals surface area contributed by atoms with Crippen molar-refractivity contribution in [2.75, 3.05) is 0 Å². The number of hydrogen-bond donors (Lipinski definition) is 1. The molecule has 0 unspecified atom stereocenters. The van der Waals surface area contributed by atoms with Crippen LogP contribution in [0.3, 0.4) is 0 Å². The average Bonchev–Trinajstić information content (AvgIpc) is 3.13. The highest BCUT2D eigenvalue weighted by molar-refractivity contribution is 5.92. The quantitative estimate of drug-likeness (QED) is 0.721. The number of carbonyl (C=O) groups is 1. The summed E-state index contributed by atoms with van der Waals surface area (Å²) < 4.78 is 5.93. The number of aryl methyl sites for hydroxylation is 2. The van der Waals surface area contributed by atoms with Crippen LogP contribution in [-0.2, 0) is 0 Å². The van der Waals surface area contributed by atoms with Crippen molar-refractivity contribution in [3.8, 4) is 11.3 Å². The van der Waals surface area contributed by atoms with Crippen molar-refractivity contribution < 1.29 is 9.21 Å². The molecule has 1 aromatic heterocycles. The van der Waals surface area contributed by atoms with E-state index in [-0.39, 0.29) is 11.9 Å². The van der Waals surface area contributed by atoms with Gasteiger partial charge in [-0.25, -0.2) is 0 Å². The molecule has 1 aromatic carbocycles. The van der Waals surface area contributed by atoms with Crippen LogP contribution in [0, 0.1) is 37.0 Å². The van der Waals surface area contributed by atoms with Crippen molar-refractivity contribution in [2.24, 2.45) is 23.2 Å². The number of carbonyl (C=O) groups excluding carboxylic acids is 1. The zero-order chi connectivity index (χ0) is 19.5. The van der Waals surface area contributed by atoms with E-state index in [0.717, 1.165) is 29.1 Å². The molecule has 0 aliphatic heterocycles. The molecule has 1 N–H and O–H groups in total. The van der Waals surface area contributed by atoms with E-state index in [4.69, 9.17) is 4.42 Å². The summed E-state index contributed by atoms with van der Waals surface area (Å²) in [4.78, 5) is 12.9. The Balaban J connectivity index is 1.31. The van der Waals surface area contributed by atoms with Gasteiger partial charge in [0.05, 0.1) is 0 Å². The van der Waals surface area contributed by atoms with Crippen LogP contribution in [0.15, 0.2) is 34.7 Å². The lowest BCUT2D eigenvalue weighted by molar-refractivity contribution is -0.0688. The third-order valence-corrected chi connectivity index (χ3v) is 7.97. The number of furan rings is 1. The molecule has 2 aromatic rings. The second-order valence-electron chi connectivity index (χ2n) is 9.94. The third kappa shape index (κ3) is 3.00. The van der Waals surface area contributed by atoms with Crippen LogP contribution in [0.1, 0.15) is 67.1 Å². The molecule has 28 heavy (non-hydrogen) atoms. The van der Waals surface area contributed by atoms with Gasteiger partial charge in [0.15, 0.2) is 5.76 Å². The molecule has 0 spiro atoms. The highest BCUT2D eigenvalue weighted by Gasteiger charge is 2.53. The topological polar surface area (TPSA) is 42.2 Å².